The van der Waals surface area contributed by atoms with Gasteiger partial charge in [-0.25, -0.2) is 4.79 Å². The first-order valence-electron chi connectivity index (χ1n) is 12.0. The average molecular weight is 400 g/mol. The summed E-state index contributed by atoms with van der Waals surface area (Å²) in [4.78, 5) is 11.7. The third-order valence-electron chi connectivity index (χ3n) is 5.16. The molecule has 28 heavy (non-hydrogen) atoms. The van der Waals surface area contributed by atoms with E-state index in [1.807, 2.05) is 20.8 Å². The summed E-state index contributed by atoms with van der Waals surface area (Å²) in [7, 11) is 0. The van der Waals surface area contributed by atoms with Crippen LogP contribution in [0.5, 0.6) is 0 Å². The lowest BCUT2D eigenvalue weighted by molar-refractivity contribution is 0.0511. The molecular weight excluding hydrogens is 350 g/mol. The van der Waals surface area contributed by atoms with Crippen molar-refractivity contribution in [1.29, 1.82) is 0 Å². The topological polar surface area (TPSA) is 58.6 Å². The first kappa shape index (κ1) is 27.2. The first-order chi connectivity index (χ1) is 13.4. The minimum Gasteiger partial charge on any atom is -0.444 e. The molecule has 4 nitrogen and oxygen atoms in total. The Hall–Kier alpha value is -0.770. The SMILES string of the molecule is CCCCCCCCCCCCCCCC[C@@H](CO)CNC(=O)OC(C)(C)C. The molecule has 0 saturated heterocycles. The van der Waals surface area contributed by atoms with Crippen LogP contribution in [0.2, 0.25) is 0 Å². The van der Waals surface area contributed by atoms with Crippen molar-refractivity contribution >= 4 is 6.09 Å². The molecule has 0 aliphatic carbocycles. The van der Waals surface area contributed by atoms with Crippen molar-refractivity contribution < 1.29 is 14.6 Å². The standard InChI is InChI=1S/C24H49NO3/c1-5-6-7-8-9-10-11-12-13-14-15-16-17-18-19-22(21-26)20-25-23(27)28-24(2,3)4/h22,26H,5-21H2,1-4H3,(H,25,27)/t22-/m1/s1. The summed E-state index contributed by atoms with van der Waals surface area (Å²) in [6, 6.07) is 0. The van der Waals surface area contributed by atoms with E-state index in [9.17, 15) is 9.90 Å². The largest absolute Gasteiger partial charge is 0.444 e. The number of hydrogen-bond donors (Lipinski definition) is 2. The van der Waals surface area contributed by atoms with Crippen molar-refractivity contribution in [2.24, 2.45) is 5.92 Å². The molecule has 0 bridgehead atoms. The Morgan fingerprint density at radius 2 is 1.25 bits per heavy atom. The van der Waals surface area contributed by atoms with Crippen molar-refractivity contribution in [3.63, 3.8) is 0 Å². The van der Waals surface area contributed by atoms with Crippen LogP contribution in [0.4, 0.5) is 4.79 Å². The van der Waals surface area contributed by atoms with Crippen LogP contribution in [-0.2, 0) is 4.74 Å². The van der Waals surface area contributed by atoms with Gasteiger partial charge in [0.1, 0.15) is 5.60 Å². The van der Waals surface area contributed by atoms with E-state index in [-0.39, 0.29) is 12.5 Å². The van der Waals surface area contributed by atoms with E-state index in [4.69, 9.17) is 4.74 Å². The Labute approximate surface area is 175 Å². The maximum absolute atomic E-state index is 11.7. The van der Waals surface area contributed by atoms with Gasteiger partial charge in [-0.15, -0.1) is 0 Å². The van der Waals surface area contributed by atoms with Gasteiger partial charge in [-0.1, -0.05) is 96.8 Å². The number of aliphatic hydroxyl groups is 1. The number of rotatable bonds is 18. The molecule has 1 amide bonds. The highest BCUT2D eigenvalue weighted by Gasteiger charge is 2.17. The predicted molar refractivity (Wildman–Crippen MR) is 120 cm³/mol. The van der Waals surface area contributed by atoms with E-state index in [2.05, 4.69) is 12.2 Å². The highest BCUT2D eigenvalue weighted by Crippen LogP contribution is 2.15. The maximum atomic E-state index is 11.7. The van der Waals surface area contributed by atoms with Gasteiger partial charge < -0.3 is 15.2 Å². The molecule has 0 aliphatic heterocycles. The lowest BCUT2D eigenvalue weighted by Gasteiger charge is -2.21. The third-order valence-corrected chi connectivity index (χ3v) is 5.16. The molecule has 2 N–H and O–H groups in total. The van der Waals surface area contributed by atoms with Crippen molar-refractivity contribution in [3.05, 3.63) is 0 Å². The van der Waals surface area contributed by atoms with E-state index in [0.29, 0.717) is 6.54 Å². The van der Waals surface area contributed by atoms with Crippen LogP contribution >= 0.6 is 0 Å². The number of nitrogens with one attached hydrogen (secondary N) is 1. The van der Waals surface area contributed by atoms with Crippen LogP contribution in [0.25, 0.3) is 0 Å². The van der Waals surface area contributed by atoms with Crippen LogP contribution in [0, 0.1) is 5.92 Å². The van der Waals surface area contributed by atoms with Gasteiger partial charge in [0.2, 0.25) is 0 Å². The molecule has 168 valence electrons. The number of hydrogen-bond acceptors (Lipinski definition) is 3. The molecule has 0 unspecified atom stereocenters. The van der Waals surface area contributed by atoms with Crippen LogP contribution in [0.1, 0.15) is 124 Å². The smallest absolute Gasteiger partial charge is 0.407 e. The summed E-state index contributed by atoms with van der Waals surface area (Å²) in [6.45, 7) is 8.44. The van der Waals surface area contributed by atoms with Gasteiger partial charge >= 0.3 is 6.09 Å². The van der Waals surface area contributed by atoms with Crippen LogP contribution in [0.3, 0.4) is 0 Å². The molecule has 0 aromatic carbocycles. The average Bonchev–Trinajstić information content (AvgIpc) is 2.63. The number of ether oxygens (including phenoxy) is 1. The molecule has 0 aromatic heterocycles. The maximum Gasteiger partial charge on any atom is 0.407 e. The Balaban J connectivity index is 3.42. The molecule has 0 aromatic rings. The lowest BCUT2D eigenvalue weighted by Crippen LogP contribution is -2.36. The van der Waals surface area contributed by atoms with Gasteiger partial charge in [0.15, 0.2) is 0 Å². The minimum atomic E-state index is -0.479. The number of amides is 1. The lowest BCUT2D eigenvalue weighted by atomic mass is 10.00. The number of carbonyl (C=O) groups is 1. The predicted octanol–water partition coefficient (Wildman–Crippen LogP) is 6.99. The second kappa shape index (κ2) is 18.3. The second-order valence-corrected chi connectivity index (χ2v) is 9.32. The van der Waals surface area contributed by atoms with Gasteiger partial charge in [-0.2, -0.15) is 0 Å². The zero-order chi connectivity index (χ0) is 21.1. The summed E-state index contributed by atoms with van der Waals surface area (Å²) in [6.07, 6.45) is 19.5. The minimum absolute atomic E-state index is 0.119. The summed E-state index contributed by atoms with van der Waals surface area (Å²) in [5.74, 6) is 0.129. The fourth-order valence-electron chi connectivity index (χ4n) is 3.43. The quantitative estimate of drug-likeness (QED) is 0.244. The van der Waals surface area contributed by atoms with E-state index < -0.39 is 11.7 Å². The summed E-state index contributed by atoms with van der Waals surface area (Å²) < 4.78 is 5.23. The van der Waals surface area contributed by atoms with Gasteiger partial charge in [0, 0.05) is 13.2 Å². The Morgan fingerprint density at radius 3 is 1.64 bits per heavy atom. The molecule has 0 rings (SSSR count). The van der Waals surface area contributed by atoms with Crippen molar-refractivity contribution in [3.8, 4) is 0 Å². The normalized spacial score (nSPS) is 12.8. The van der Waals surface area contributed by atoms with Crippen molar-refractivity contribution in [2.45, 2.75) is 130 Å². The summed E-state index contributed by atoms with van der Waals surface area (Å²) in [5, 5.41) is 12.3. The Kier molecular flexibility index (Phi) is 17.8. The molecule has 0 fully saturated rings. The Bertz CT molecular complexity index is 352. The van der Waals surface area contributed by atoms with Gasteiger partial charge in [0.05, 0.1) is 0 Å². The van der Waals surface area contributed by atoms with E-state index in [0.717, 1.165) is 12.8 Å². The van der Waals surface area contributed by atoms with E-state index >= 15 is 0 Å². The fourth-order valence-corrected chi connectivity index (χ4v) is 3.43. The molecule has 0 spiro atoms. The van der Waals surface area contributed by atoms with Gasteiger partial charge in [0.25, 0.3) is 0 Å². The molecule has 1 atom stereocenters. The Morgan fingerprint density at radius 1 is 0.821 bits per heavy atom. The second-order valence-electron chi connectivity index (χ2n) is 9.32. The molecule has 0 radical (unpaired) electrons. The molecular formula is C24H49NO3. The fraction of sp³-hybridized carbons (Fsp3) is 0.958. The number of aliphatic hydroxyl groups excluding tert-OH is 1. The molecule has 0 saturated carbocycles. The summed E-state index contributed by atoms with van der Waals surface area (Å²) in [5.41, 5.74) is -0.479. The van der Waals surface area contributed by atoms with E-state index in [1.165, 1.54) is 83.5 Å². The highest BCUT2D eigenvalue weighted by molar-refractivity contribution is 5.67. The highest BCUT2D eigenvalue weighted by atomic mass is 16.6. The van der Waals surface area contributed by atoms with Gasteiger partial charge in [-0.05, 0) is 33.1 Å². The van der Waals surface area contributed by atoms with Crippen molar-refractivity contribution in [2.75, 3.05) is 13.2 Å². The van der Waals surface area contributed by atoms with Crippen LogP contribution in [-0.4, -0.2) is 30.0 Å². The third kappa shape index (κ3) is 20.0. The molecule has 0 aliphatic rings. The number of carbonyl (C=O) groups excluding carboxylic acids is 1. The zero-order valence-corrected chi connectivity index (χ0v) is 19.4. The van der Waals surface area contributed by atoms with Gasteiger partial charge in [-0.3, -0.25) is 0 Å². The molecule has 0 heterocycles. The number of alkyl carbamates (subject to hydrolysis) is 1. The molecule has 4 heteroatoms. The number of unbranched alkanes of at least 4 members (excludes halogenated alkanes) is 13. The van der Waals surface area contributed by atoms with Crippen molar-refractivity contribution in [1.82, 2.24) is 5.32 Å². The summed E-state index contributed by atoms with van der Waals surface area (Å²) >= 11 is 0. The van der Waals surface area contributed by atoms with E-state index in [1.54, 1.807) is 0 Å². The van der Waals surface area contributed by atoms with Crippen LogP contribution < -0.4 is 5.32 Å². The first-order valence-corrected chi connectivity index (χ1v) is 12.0. The van der Waals surface area contributed by atoms with Crippen LogP contribution in [0.15, 0.2) is 0 Å². The zero-order valence-electron chi connectivity index (χ0n) is 19.4. The monoisotopic (exact) mass is 399 g/mol.